The summed E-state index contributed by atoms with van der Waals surface area (Å²) in [6.45, 7) is 1.24. The first-order valence-electron chi connectivity index (χ1n) is 9.70. The highest BCUT2D eigenvalue weighted by atomic mass is 16.2. The Kier molecular flexibility index (Phi) is 5.16. The number of carbonyl (C=O) groups is 2. The van der Waals surface area contributed by atoms with Crippen molar-refractivity contribution in [2.24, 2.45) is 7.05 Å². The van der Waals surface area contributed by atoms with Gasteiger partial charge < -0.3 is 9.80 Å². The normalized spacial score (nSPS) is 16.6. The molecule has 3 aromatic rings. The van der Waals surface area contributed by atoms with Gasteiger partial charge in [0.1, 0.15) is 5.69 Å². The van der Waals surface area contributed by atoms with Crippen molar-refractivity contribution in [3.8, 4) is 0 Å². The molecule has 0 bridgehead atoms. The molecule has 150 valence electrons. The molecule has 8 nitrogen and oxygen atoms in total. The lowest BCUT2D eigenvalue weighted by atomic mass is 9.92. The monoisotopic (exact) mass is 392 g/mol. The Morgan fingerprint density at radius 2 is 2.00 bits per heavy atom. The fourth-order valence-corrected chi connectivity index (χ4v) is 3.87. The molecule has 0 unspecified atom stereocenters. The summed E-state index contributed by atoms with van der Waals surface area (Å²) in [5.74, 6) is -0.120. The zero-order chi connectivity index (χ0) is 20.4. The van der Waals surface area contributed by atoms with E-state index in [1.807, 2.05) is 35.2 Å². The molecule has 2 aromatic heterocycles. The smallest absolute Gasteiger partial charge is 0.272 e. The quantitative estimate of drug-likeness (QED) is 0.739. The minimum atomic E-state index is -0.116. The Labute approximate surface area is 169 Å². The number of H-pyrrole nitrogens is 1. The molecule has 1 saturated heterocycles. The lowest BCUT2D eigenvalue weighted by molar-refractivity contribution is 0.0694. The highest BCUT2D eigenvalue weighted by molar-refractivity contribution is 6.06. The van der Waals surface area contributed by atoms with Crippen molar-refractivity contribution in [2.45, 2.75) is 18.8 Å². The molecular weight excluding hydrogens is 368 g/mol. The summed E-state index contributed by atoms with van der Waals surface area (Å²) in [6, 6.07) is 11.2. The second-order valence-corrected chi connectivity index (χ2v) is 7.33. The van der Waals surface area contributed by atoms with E-state index >= 15 is 0 Å². The van der Waals surface area contributed by atoms with Crippen molar-refractivity contribution in [1.82, 2.24) is 24.9 Å². The van der Waals surface area contributed by atoms with Gasteiger partial charge in [-0.05, 0) is 31.0 Å². The van der Waals surface area contributed by atoms with Gasteiger partial charge in [0, 0.05) is 45.0 Å². The van der Waals surface area contributed by atoms with Gasteiger partial charge in [-0.15, -0.1) is 0 Å². The van der Waals surface area contributed by atoms with Crippen LogP contribution in [0.1, 0.15) is 45.3 Å². The molecule has 1 aromatic carbocycles. The van der Waals surface area contributed by atoms with Crippen LogP contribution in [0.3, 0.4) is 0 Å². The second-order valence-electron chi connectivity index (χ2n) is 7.33. The fourth-order valence-electron chi connectivity index (χ4n) is 3.87. The van der Waals surface area contributed by atoms with E-state index in [4.69, 9.17) is 0 Å². The van der Waals surface area contributed by atoms with Gasteiger partial charge in [0.05, 0.1) is 17.5 Å². The molecule has 3 heterocycles. The molecule has 8 heteroatoms. The van der Waals surface area contributed by atoms with Gasteiger partial charge in [0.25, 0.3) is 11.8 Å². The Balaban J connectivity index is 1.54. The fraction of sp³-hybridized carbons (Fsp3) is 0.333. The number of aromatic amines is 1. The number of para-hydroxylation sites is 1. The van der Waals surface area contributed by atoms with E-state index in [1.54, 1.807) is 42.1 Å². The van der Waals surface area contributed by atoms with E-state index in [1.165, 1.54) is 0 Å². The van der Waals surface area contributed by atoms with Crippen LogP contribution in [0.4, 0.5) is 5.69 Å². The summed E-state index contributed by atoms with van der Waals surface area (Å²) in [6.07, 6.45) is 4.97. The standard InChI is InChI=1S/C21H24N6O2/c1-25(16-8-4-3-5-9-16)20(28)17-13-22-24-19(17)15-7-6-12-27(14-15)21(29)18-10-11-23-26(18)2/h3-5,8-11,13,15H,6-7,12,14H2,1-2H3,(H,22,24)/t15-/m0/s1. The van der Waals surface area contributed by atoms with Crippen LogP contribution in [-0.2, 0) is 7.05 Å². The number of aryl methyl sites for hydroxylation is 1. The van der Waals surface area contributed by atoms with Crippen molar-refractivity contribution >= 4 is 17.5 Å². The van der Waals surface area contributed by atoms with Crippen molar-refractivity contribution in [1.29, 1.82) is 0 Å². The Morgan fingerprint density at radius 3 is 2.72 bits per heavy atom. The minimum absolute atomic E-state index is 0.0338. The first-order valence-corrected chi connectivity index (χ1v) is 9.70. The molecule has 0 radical (unpaired) electrons. The van der Waals surface area contributed by atoms with Crippen LogP contribution in [0.2, 0.25) is 0 Å². The molecule has 0 spiro atoms. The number of nitrogens with one attached hydrogen (secondary N) is 1. The van der Waals surface area contributed by atoms with E-state index in [-0.39, 0.29) is 17.7 Å². The first kappa shape index (κ1) is 18.9. The topological polar surface area (TPSA) is 87.1 Å². The number of nitrogens with zero attached hydrogens (tertiary/aromatic N) is 5. The Hall–Kier alpha value is -3.42. The number of carbonyl (C=O) groups excluding carboxylic acids is 2. The maximum absolute atomic E-state index is 13.1. The molecule has 4 rings (SSSR count). The largest absolute Gasteiger partial charge is 0.337 e. The SMILES string of the molecule is CN(C(=O)c1cn[nH]c1[C@H]1CCCN(C(=O)c2ccnn2C)C1)c1ccccc1. The zero-order valence-corrected chi connectivity index (χ0v) is 16.6. The zero-order valence-electron chi connectivity index (χ0n) is 16.6. The first-order chi connectivity index (χ1) is 14.1. The number of hydrogen-bond acceptors (Lipinski definition) is 4. The highest BCUT2D eigenvalue weighted by Gasteiger charge is 2.31. The number of aromatic nitrogens is 4. The number of likely N-dealkylation sites (tertiary alicyclic amines) is 1. The second kappa shape index (κ2) is 7.90. The number of amides is 2. The van der Waals surface area contributed by atoms with Crippen LogP contribution < -0.4 is 4.90 Å². The lowest BCUT2D eigenvalue weighted by Crippen LogP contribution is -2.40. The van der Waals surface area contributed by atoms with E-state index in [0.29, 0.717) is 24.3 Å². The van der Waals surface area contributed by atoms with E-state index in [0.717, 1.165) is 24.2 Å². The number of hydrogen-bond donors (Lipinski definition) is 1. The van der Waals surface area contributed by atoms with Crippen molar-refractivity contribution in [3.63, 3.8) is 0 Å². The van der Waals surface area contributed by atoms with Gasteiger partial charge in [-0.3, -0.25) is 19.4 Å². The Morgan fingerprint density at radius 1 is 1.21 bits per heavy atom. The van der Waals surface area contributed by atoms with Crippen LogP contribution in [-0.4, -0.2) is 56.8 Å². The molecule has 0 aliphatic carbocycles. The van der Waals surface area contributed by atoms with E-state index in [9.17, 15) is 9.59 Å². The third-order valence-corrected chi connectivity index (χ3v) is 5.50. The lowest BCUT2D eigenvalue weighted by Gasteiger charge is -2.32. The molecule has 1 aliphatic heterocycles. The predicted octanol–water partition coefficient (Wildman–Crippen LogP) is 2.44. The minimum Gasteiger partial charge on any atom is -0.337 e. The molecule has 1 atom stereocenters. The molecule has 0 saturated carbocycles. The number of rotatable bonds is 4. The van der Waals surface area contributed by atoms with Crippen LogP contribution in [0.25, 0.3) is 0 Å². The number of anilines is 1. The van der Waals surface area contributed by atoms with Crippen LogP contribution in [0.5, 0.6) is 0 Å². The predicted molar refractivity (Wildman–Crippen MR) is 109 cm³/mol. The maximum atomic E-state index is 13.1. The highest BCUT2D eigenvalue weighted by Crippen LogP contribution is 2.29. The van der Waals surface area contributed by atoms with Crippen molar-refractivity contribution in [3.05, 3.63) is 65.7 Å². The summed E-state index contributed by atoms with van der Waals surface area (Å²) in [7, 11) is 3.52. The summed E-state index contributed by atoms with van der Waals surface area (Å²) in [5.41, 5.74) is 2.73. The van der Waals surface area contributed by atoms with Gasteiger partial charge in [-0.25, -0.2) is 0 Å². The molecule has 2 amide bonds. The van der Waals surface area contributed by atoms with Gasteiger partial charge >= 0.3 is 0 Å². The summed E-state index contributed by atoms with van der Waals surface area (Å²) in [5, 5.41) is 11.2. The maximum Gasteiger partial charge on any atom is 0.272 e. The molecular formula is C21H24N6O2. The van der Waals surface area contributed by atoms with Crippen molar-refractivity contribution in [2.75, 3.05) is 25.0 Å². The molecule has 1 N–H and O–H groups in total. The summed E-state index contributed by atoms with van der Waals surface area (Å²) < 4.78 is 1.59. The summed E-state index contributed by atoms with van der Waals surface area (Å²) in [4.78, 5) is 29.4. The Bertz CT molecular complexity index is 1010. The van der Waals surface area contributed by atoms with Crippen LogP contribution in [0.15, 0.2) is 48.8 Å². The van der Waals surface area contributed by atoms with Crippen LogP contribution >= 0.6 is 0 Å². The third-order valence-electron chi connectivity index (χ3n) is 5.50. The van der Waals surface area contributed by atoms with Gasteiger partial charge in [-0.2, -0.15) is 10.2 Å². The molecule has 1 aliphatic rings. The van der Waals surface area contributed by atoms with Crippen molar-refractivity contribution < 1.29 is 9.59 Å². The van der Waals surface area contributed by atoms with Gasteiger partial charge in [-0.1, -0.05) is 18.2 Å². The average Bonchev–Trinajstić information content (AvgIpc) is 3.42. The summed E-state index contributed by atoms with van der Waals surface area (Å²) >= 11 is 0. The van der Waals surface area contributed by atoms with E-state index in [2.05, 4.69) is 15.3 Å². The van der Waals surface area contributed by atoms with Gasteiger partial charge in [0.2, 0.25) is 0 Å². The van der Waals surface area contributed by atoms with Crippen LogP contribution in [0, 0.1) is 0 Å². The van der Waals surface area contributed by atoms with E-state index < -0.39 is 0 Å². The number of piperidine rings is 1. The third kappa shape index (κ3) is 3.65. The van der Waals surface area contributed by atoms with Gasteiger partial charge in [0.15, 0.2) is 0 Å². The number of benzene rings is 1. The molecule has 1 fully saturated rings. The average molecular weight is 392 g/mol. The molecule has 29 heavy (non-hydrogen) atoms.